The predicted octanol–water partition coefficient (Wildman–Crippen LogP) is 2.85. The van der Waals surface area contributed by atoms with Crippen molar-refractivity contribution < 1.29 is 0 Å². The topological polar surface area (TPSA) is 0 Å². The summed E-state index contributed by atoms with van der Waals surface area (Å²) in [6, 6.07) is 0. The molecule has 0 saturated carbocycles. The van der Waals surface area contributed by atoms with E-state index in [1.807, 2.05) is 0 Å². The average Bonchev–Trinajstić information content (AvgIpc) is 1.67. The van der Waals surface area contributed by atoms with E-state index in [1.165, 1.54) is 0 Å². The second-order valence-corrected chi connectivity index (χ2v) is 2.63. The van der Waals surface area contributed by atoms with Gasteiger partial charge >= 0.3 is 0 Å². The van der Waals surface area contributed by atoms with Crippen LogP contribution in [0.25, 0.3) is 0 Å². The minimum atomic E-state index is 0.736. The lowest BCUT2D eigenvalue weighted by Crippen LogP contribution is -1.98. The first-order chi connectivity index (χ1) is 3.68. The summed E-state index contributed by atoms with van der Waals surface area (Å²) >= 11 is 0. The Bertz CT molecular complexity index is 70.1. The van der Waals surface area contributed by atoms with Gasteiger partial charge in [0.1, 0.15) is 0 Å². The van der Waals surface area contributed by atoms with Crippen molar-refractivity contribution in [3.8, 4) is 0 Å². The molecule has 0 aromatic carbocycles. The van der Waals surface area contributed by atoms with Gasteiger partial charge < -0.3 is 0 Å². The maximum atomic E-state index is 2.24. The summed E-state index contributed by atoms with van der Waals surface area (Å²) in [4.78, 5) is 0. The first-order valence-corrected chi connectivity index (χ1v) is 3.31. The summed E-state index contributed by atoms with van der Waals surface area (Å²) in [5.74, 6) is 1.52. The third kappa shape index (κ3) is 2.84. The van der Waals surface area contributed by atoms with Crippen LogP contribution in [0.3, 0.4) is 0 Å². The van der Waals surface area contributed by atoms with E-state index in [-0.39, 0.29) is 0 Å². The van der Waals surface area contributed by atoms with E-state index in [4.69, 9.17) is 0 Å². The molecule has 0 saturated heterocycles. The first-order valence-electron chi connectivity index (χ1n) is 3.31. The molecule has 0 heteroatoms. The highest BCUT2D eigenvalue weighted by molar-refractivity contribution is 4.84. The van der Waals surface area contributed by atoms with Gasteiger partial charge in [-0.05, 0) is 18.8 Å². The van der Waals surface area contributed by atoms with Crippen LogP contribution in [0.2, 0.25) is 0 Å². The van der Waals surface area contributed by atoms with Gasteiger partial charge in [-0.25, -0.2) is 0 Å². The largest absolute Gasteiger partial charge is 0.0914 e. The zero-order valence-corrected chi connectivity index (χ0v) is 6.31. The lowest BCUT2D eigenvalue weighted by molar-refractivity contribution is 0.504. The van der Waals surface area contributed by atoms with Gasteiger partial charge in [0.2, 0.25) is 0 Å². The quantitative estimate of drug-likeness (QED) is 0.482. The van der Waals surface area contributed by atoms with Crippen LogP contribution in [0.1, 0.15) is 27.7 Å². The molecule has 48 valence electrons. The molecule has 1 atom stereocenters. The van der Waals surface area contributed by atoms with E-state index in [0.717, 1.165) is 11.8 Å². The smallest absolute Gasteiger partial charge is 0.0239 e. The molecule has 0 aliphatic heterocycles. The van der Waals surface area contributed by atoms with Crippen LogP contribution < -0.4 is 0 Å². The second kappa shape index (κ2) is 3.71. The first kappa shape index (κ1) is 7.74. The molecule has 0 aliphatic carbocycles. The fourth-order valence-electron chi connectivity index (χ4n) is 0.526. The Kier molecular flexibility index (Phi) is 3.59. The number of allylic oxidation sites excluding steroid dienone is 2. The van der Waals surface area contributed by atoms with Gasteiger partial charge in [0.25, 0.3) is 0 Å². The molecule has 0 heterocycles. The minimum absolute atomic E-state index is 0.736. The Morgan fingerprint density at radius 1 is 1.12 bits per heavy atom. The third-order valence-electron chi connectivity index (χ3n) is 1.55. The molecule has 0 bridgehead atoms. The van der Waals surface area contributed by atoms with E-state index >= 15 is 0 Å². The van der Waals surface area contributed by atoms with Crippen molar-refractivity contribution in [2.75, 3.05) is 0 Å². The van der Waals surface area contributed by atoms with E-state index in [2.05, 4.69) is 39.8 Å². The van der Waals surface area contributed by atoms with Gasteiger partial charge in [0, 0.05) is 0 Å². The van der Waals surface area contributed by atoms with Crippen molar-refractivity contribution in [3.05, 3.63) is 12.2 Å². The molecule has 0 N–H and O–H groups in total. The van der Waals surface area contributed by atoms with Gasteiger partial charge in [0.05, 0.1) is 0 Å². The van der Waals surface area contributed by atoms with Crippen LogP contribution in [-0.4, -0.2) is 0 Å². The van der Waals surface area contributed by atoms with Gasteiger partial charge in [0.15, 0.2) is 0 Å². The van der Waals surface area contributed by atoms with Crippen LogP contribution in [-0.2, 0) is 0 Å². The summed E-state index contributed by atoms with van der Waals surface area (Å²) in [7, 11) is 0. The lowest BCUT2D eigenvalue weighted by Gasteiger charge is -2.08. The standard InChI is InChI=1S/C8H16/c1-5-6-8(4)7(2)3/h5-8H,1-4H3/b6-5+. The normalized spacial score (nSPS) is 15.6. The molecule has 0 aromatic heterocycles. The summed E-state index contributed by atoms with van der Waals surface area (Å²) < 4.78 is 0. The molecule has 0 nitrogen and oxygen atoms in total. The SMILES string of the molecule is C/C=C/C(C)C(C)C. The predicted molar refractivity (Wildman–Crippen MR) is 38.8 cm³/mol. The van der Waals surface area contributed by atoms with E-state index in [0.29, 0.717) is 0 Å². The number of hydrogen-bond acceptors (Lipinski definition) is 0. The minimum Gasteiger partial charge on any atom is -0.0914 e. The molecule has 0 fully saturated rings. The van der Waals surface area contributed by atoms with Crippen molar-refractivity contribution in [2.45, 2.75) is 27.7 Å². The zero-order valence-electron chi connectivity index (χ0n) is 6.31. The van der Waals surface area contributed by atoms with E-state index in [9.17, 15) is 0 Å². The molecule has 0 rings (SSSR count). The van der Waals surface area contributed by atoms with Gasteiger partial charge in [-0.15, -0.1) is 0 Å². The van der Waals surface area contributed by atoms with Gasteiger partial charge in [-0.1, -0.05) is 32.9 Å². The summed E-state index contributed by atoms with van der Waals surface area (Å²) in [6.07, 6.45) is 4.36. The molecular weight excluding hydrogens is 96.1 g/mol. The molecule has 0 amide bonds. The monoisotopic (exact) mass is 112 g/mol. The Balaban J connectivity index is 3.47. The zero-order chi connectivity index (χ0) is 6.57. The molecule has 0 spiro atoms. The van der Waals surface area contributed by atoms with Crippen LogP contribution >= 0.6 is 0 Å². The van der Waals surface area contributed by atoms with Crippen molar-refractivity contribution in [3.63, 3.8) is 0 Å². The van der Waals surface area contributed by atoms with Gasteiger partial charge in [-0.3, -0.25) is 0 Å². The second-order valence-electron chi connectivity index (χ2n) is 2.63. The molecule has 0 aliphatic rings. The summed E-state index contributed by atoms with van der Waals surface area (Å²) in [6.45, 7) is 8.79. The van der Waals surface area contributed by atoms with Gasteiger partial charge in [-0.2, -0.15) is 0 Å². The van der Waals surface area contributed by atoms with E-state index in [1.54, 1.807) is 0 Å². The molecule has 8 heavy (non-hydrogen) atoms. The molecule has 1 unspecified atom stereocenters. The Morgan fingerprint density at radius 2 is 1.62 bits per heavy atom. The van der Waals surface area contributed by atoms with Crippen LogP contribution in [0.4, 0.5) is 0 Å². The highest BCUT2D eigenvalue weighted by atomic mass is 14.0. The van der Waals surface area contributed by atoms with Crippen molar-refractivity contribution >= 4 is 0 Å². The van der Waals surface area contributed by atoms with Crippen molar-refractivity contribution in [2.24, 2.45) is 11.8 Å². The molecule has 0 radical (unpaired) electrons. The highest BCUT2D eigenvalue weighted by Gasteiger charge is 1.99. The summed E-state index contributed by atoms with van der Waals surface area (Å²) in [5, 5.41) is 0. The van der Waals surface area contributed by atoms with Crippen LogP contribution in [0.15, 0.2) is 12.2 Å². The van der Waals surface area contributed by atoms with Crippen LogP contribution in [0.5, 0.6) is 0 Å². The van der Waals surface area contributed by atoms with Crippen molar-refractivity contribution in [1.82, 2.24) is 0 Å². The maximum Gasteiger partial charge on any atom is -0.0239 e. The molecular formula is C8H16. The Morgan fingerprint density at radius 3 is 1.75 bits per heavy atom. The Hall–Kier alpha value is -0.260. The lowest BCUT2D eigenvalue weighted by atomic mass is 9.98. The highest BCUT2D eigenvalue weighted by Crippen LogP contribution is 2.09. The number of hydrogen-bond donors (Lipinski definition) is 0. The fraction of sp³-hybridized carbons (Fsp3) is 0.750. The fourth-order valence-corrected chi connectivity index (χ4v) is 0.526. The van der Waals surface area contributed by atoms with Crippen LogP contribution in [0, 0.1) is 11.8 Å². The third-order valence-corrected chi connectivity index (χ3v) is 1.55. The average molecular weight is 112 g/mol. The Labute approximate surface area is 52.6 Å². The summed E-state index contributed by atoms with van der Waals surface area (Å²) in [5.41, 5.74) is 0. The molecule has 0 aromatic rings. The number of rotatable bonds is 2. The maximum absolute atomic E-state index is 2.24. The van der Waals surface area contributed by atoms with Crippen molar-refractivity contribution in [1.29, 1.82) is 0 Å². The van der Waals surface area contributed by atoms with E-state index < -0.39 is 0 Å².